The highest BCUT2D eigenvalue weighted by Gasteiger charge is 2.29. The molecule has 4 aliphatic heterocycles. The molecule has 76 heavy (non-hydrogen) atoms. The molecule has 0 radical (unpaired) electrons. The summed E-state index contributed by atoms with van der Waals surface area (Å²) in [5, 5.41) is 28.1. The van der Waals surface area contributed by atoms with Crippen LogP contribution >= 0.6 is 45.3 Å². The molecule has 8 aromatic rings. The van der Waals surface area contributed by atoms with Gasteiger partial charge in [-0.05, 0) is 70.2 Å². The molecule has 4 atom stereocenters. The number of thiazole rings is 4. The van der Waals surface area contributed by atoms with Gasteiger partial charge in [0.2, 0.25) is 0 Å². The molecule has 12 heteroatoms. The third-order valence-corrected chi connectivity index (χ3v) is 18.5. The first-order valence-electron chi connectivity index (χ1n) is 27.2. The van der Waals surface area contributed by atoms with Crippen LogP contribution < -0.4 is 21.3 Å². The Labute approximate surface area is 470 Å². The maximum absolute atomic E-state index is 4.83. The number of hydrogen-bond donors (Lipinski definition) is 4. The topological polar surface area (TPSA) is 99.7 Å². The second-order valence-corrected chi connectivity index (χ2v) is 28.5. The molecule has 0 unspecified atom stereocenters. The molecule has 4 aromatic carbocycles. The highest BCUT2D eigenvalue weighted by molar-refractivity contribution is 7.10. The van der Waals surface area contributed by atoms with Gasteiger partial charge in [-0.25, -0.2) is 19.9 Å². The summed E-state index contributed by atoms with van der Waals surface area (Å²) in [4.78, 5) is 19.3. The van der Waals surface area contributed by atoms with Gasteiger partial charge in [0.1, 0.15) is 20.0 Å². The standard InChI is InChI=1S/4C16H20N2S/c4*1-16(2,3)14-10-19-15(18-14)13-8-11-6-4-5-7-12(11)9-17-13/h4*4-7,10,13,17H,8-9H2,1-3H3/t4*13-/m0000/s1. The normalized spacial score (nSPS) is 19.2. The van der Waals surface area contributed by atoms with E-state index in [0.29, 0.717) is 24.2 Å². The monoisotopic (exact) mass is 1090 g/mol. The molecule has 0 saturated heterocycles. The van der Waals surface area contributed by atoms with Crippen LogP contribution in [0.4, 0.5) is 0 Å². The third kappa shape index (κ3) is 14.1. The van der Waals surface area contributed by atoms with Crippen molar-refractivity contribution >= 4 is 45.3 Å². The molecule has 4 N–H and O–H groups in total. The van der Waals surface area contributed by atoms with Crippen molar-refractivity contribution in [2.45, 2.75) is 181 Å². The summed E-state index contributed by atoms with van der Waals surface area (Å²) in [6.07, 6.45) is 4.20. The lowest BCUT2D eigenvalue weighted by Crippen LogP contribution is -2.28. The number of aromatic nitrogens is 4. The van der Waals surface area contributed by atoms with E-state index in [-0.39, 0.29) is 21.7 Å². The van der Waals surface area contributed by atoms with Crippen molar-refractivity contribution < 1.29 is 0 Å². The third-order valence-electron chi connectivity index (χ3n) is 14.7. The summed E-state index contributed by atoms with van der Waals surface area (Å²) in [5.74, 6) is 0. The van der Waals surface area contributed by atoms with E-state index in [2.05, 4.69) is 223 Å². The van der Waals surface area contributed by atoms with Gasteiger partial charge < -0.3 is 21.3 Å². The Kier molecular flexibility index (Phi) is 17.4. The first-order chi connectivity index (χ1) is 36.2. The van der Waals surface area contributed by atoms with Crippen LogP contribution in [0.1, 0.15) is 195 Å². The zero-order chi connectivity index (χ0) is 53.8. The molecule has 4 aliphatic rings. The van der Waals surface area contributed by atoms with Crippen molar-refractivity contribution in [3.05, 3.63) is 206 Å². The van der Waals surface area contributed by atoms with E-state index in [1.165, 1.54) is 87.3 Å². The molecule has 0 spiro atoms. The van der Waals surface area contributed by atoms with Crippen LogP contribution in [0.15, 0.2) is 119 Å². The predicted molar refractivity (Wildman–Crippen MR) is 322 cm³/mol. The molecule has 8 heterocycles. The summed E-state index contributed by atoms with van der Waals surface area (Å²) in [5.41, 5.74) is 16.9. The molecule has 4 aromatic heterocycles. The van der Waals surface area contributed by atoms with Gasteiger partial charge in [-0.1, -0.05) is 180 Å². The fourth-order valence-electron chi connectivity index (χ4n) is 9.68. The van der Waals surface area contributed by atoms with E-state index in [4.69, 9.17) is 19.9 Å². The van der Waals surface area contributed by atoms with Crippen LogP contribution in [-0.2, 0) is 73.5 Å². The maximum atomic E-state index is 4.83. The summed E-state index contributed by atoms with van der Waals surface area (Å²) < 4.78 is 0. The van der Waals surface area contributed by atoms with Crippen LogP contribution in [0.2, 0.25) is 0 Å². The predicted octanol–water partition coefficient (Wildman–Crippen LogP) is 15.3. The molecule has 0 aliphatic carbocycles. The zero-order valence-corrected chi connectivity index (χ0v) is 50.2. The van der Waals surface area contributed by atoms with Gasteiger partial charge in [0.05, 0.1) is 46.9 Å². The molecule has 400 valence electrons. The van der Waals surface area contributed by atoms with Gasteiger partial charge in [0.25, 0.3) is 0 Å². The number of nitrogens with one attached hydrogen (secondary N) is 4. The lowest BCUT2D eigenvalue weighted by molar-refractivity contribution is 0.491. The molecule has 8 nitrogen and oxygen atoms in total. The lowest BCUT2D eigenvalue weighted by Gasteiger charge is -2.24. The number of fused-ring (bicyclic) bond motifs is 4. The van der Waals surface area contributed by atoms with E-state index < -0.39 is 0 Å². The smallest absolute Gasteiger partial charge is 0.110 e. The number of nitrogens with zero attached hydrogens (tertiary/aromatic N) is 4. The Hall–Kier alpha value is -4.76. The van der Waals surface area contributed by atoms with Crippen molar-refractivity contribution in [1.82, 2.24) is 41.2 Å². The molecule has 0 fully saturated rings. The van der Waals surface area contributed by atoms with E-state index >= 15 is 0 Å². The Morgan fingerprint density at radius 1 is 0.303 bits per heavy atom. The average Bonchev–Trinajstić information content (AvgIpc) is 4.26. The fraction of sp³-hybridized carbons (Fsp3) is 0.438. The van der Waals surface area contributed by atoms with Crippen LogP contribution in [0.25, 0.3) is 0 Å². The van der Waals surface area contributed by atoms with Gasteiger partial charge in [0.15, 0.2) is 0 Å². The van der Waals surface area contributed by atoms with Crippen LogP contribution in [0.3, 0.4) is 0 Å². The highest BCUT2D eigenvalue weighted by Crippen LogP contribution is 2.35. The largest absolute Gasteiger partial charge is 0.304 e. The van der Waals surface area contributed by atoms with E-state index in [1.807, 2.05) is 0 Å². The Morgan fingerprint density at radius 3 is 0.658 bits per heavy atom. The van der Waals surface area contributed by atoms with Crippen molar-refractivity contribution in [3.63, 3.8) is 0 Å². The van der Waals surface area contributed by atoms with Gasteiger partial charge in [0, 0.05) is 69.4 Å². The van der Waals surface area contributed by atoms with E-state index in [0.717, 1.165) is 51.9 Å². The molecule has 0 bridgehead atoms. The zero-order valence-electron chi connectivity index (χ0n) is 46.9. The van der Waals surface area contributed by atoms with E-state index in [1.54, 1.807) is 45.3 Å². The Balaban J connectivity index is 0.000000124. The minimum atomic E-state index is 0.140. The second-order valence-electron chi connectivity index (χ2n) is 24.9. The first kappa shape index (κ1) is 56.0. The molecular formula is C64H80N8S4. The summed E-state index contributed by atoms with van der Waals surface area (Å²) in [6, 6.07) is 36.2. The summed E-state index contributed by atoms with van der Waals surface area (Å²) in [6.45, 7) is 30.4. The quantitative estimate of drug-likeness (QED) is 0.138. The SMILES string of the molecule is CC(C)(C)c1csc([C@@H]2Cc3ccccc3CN2)n1.CC(C)(C)c1csc([C@@H]2Cc3ccccc3CN2)n1.CC(C)(C)c1csc([C@@H]2Cc3ccccc3CN2)n1.CC(C)(C)c1csc([C@@H]2Cc3ccccc3CN2)n1. The fourth-order valence-corrected chi connectivity index (χ4v) is 14.2. The summed E-state index contributed by atoms with van der Waals surface area (Å²) >= 11 is 7.14. The van der Waals surface area contributed by atoms with Crippen LogP contribution in [0.5, 0.6) is 0 Å². The van der Waals surface area contributed by atoms with Crippen LogP contribution in [-0.4, -0.2) is 19.9 Å². The molecule has 0 saturated carbocycles. The number of rotatable bonds is 4. The van der Waals surface area contributed by atoms with Crippen LogP contribution in [0, 0.1) is 0 Å². The lowest BCUT2D eigenvalue weighted by atomic mass is 9.93. The van der Waals surface area contributed by atoms with Crippen molar-refractivity contribution in [3.8, 4) is 0 Å². The molecule has 0 amide bonds. The number of hydrogen-bond acceptors (Lipinski definition) is 12. The van der Waals surface area contributed by atoms with Crippen molar-refractivity contribution in [2.24, 2.45) is 0 Å². The minimum absolute atomic E-state index is 0.140. The van der Waals surface area contributed by atoms with Gasteiger partial charge in [-0.2, -0.15) is 0 Å². The van der Waals surface area contributed by atoms with Crippen molar-refractivity contribution in [2.75, 3.05) is 0 Å². The van der Waals surface area contributed by atoms with Gasteiger partial charge in [-0.3, -0.25) is 0 Å². The Morgan fingerprint density at radius 2 is 0.487 bits per heavy atom. The van der Waals surface area contributed by atoms with Crippen molar-refractivity contribution in [1.29, 1.82) is 0 Å². The van der Waals surface area contributed by atoms with Gasteiger partial charge >= 0.3 is 0 Å². The molecular weight excluding hydrogens is 1010 g/mol. The Bertz CT molecular complexity index is 2740. The minimum Gasteiger partial charge on any atom is -0.304 e. The second kappa shape index (κ2) is 23.7. The summed E-state index contributed by atoms with van der Waals surface area (Å²) in [7, 11) is 0. The maximum Gasteiger partial charge on any atom is 0.110 e. The first-order valence-corrected chi connectivity index (χ1v) is 30.7. The number of benzene rings is 4. The van der Waals surface area contributed by atoms with Gasteiger partial charge in [-0.15, -0.1) is 45.3 Å². The highest BCUT2D eigenvalue weighted by atomic mass is 32.1. The van der Waals surface area contributed by atoms with E-state index in [9.17, 15) is 0 Å². The molecule has 12 rings (SSSR count). The average molecular weight is 1090 g/mol.